The number of aliphatic imine (C=N–C) groups is 1. The molecular formula is C13H19N3S2. The van der Waals surface area contributed by atoms with Crippen molar-refractivity contribution in [3.05, 3.63) is 16.6 Å². The van der Waals surface area contributed by atoms with Crippen LogP contribution in [0.25, 0.3) is 0 Å². The van der Waals surface area contributed by atoms with Gasteiger partial charge in [-0.05, 0) is 18.3 Å². The van der Waals surface area contributed by atoms with Crippen LogP contribution < -0.4 is 5.32 Å². The second-order valence-electron chi connectivity index (χ2n) is 5.29. The van der Waals surface area contributed by atoms with Crippen LogP contribution in [0.2, 0.25) is 0 Å². The molecule has 0 unspecified atom stereocenters. The number of nitrogens with one attached hydrogen (secondary N) is 1. The van der Waals surface area contributed by atoms with Crippen LogP contribution in [0.15, 0.2) is 16.7 Å². The van der Waals surface area contributed by atoms with Gasteiger partial charge in [-0.3, -0.25) is 9.98 Å². The van der Waals surface area contributed by atoms with Crippen LogP contribution in [0.4, 0.5) is 0 Å². The van der Waals surface area contributed by atoms with Gasteiger partial charge >= 0.3 is 0 Å². The Hall–Kier alpha value is -0.550. The van der Waals surface area contributed by atoms with E-state index >= 15 is 0 Å². The topological polar surface area (TPSA) is 37.3 Å². The average Bonchev–Trinajstić information content (AvgIpc) is 2.93. The van der Waals surface area contributed by atoms with E-state index < -0.39 is 0 Å². The molecule has 2 aliphatic rings. The standard InChI is InChI=1S/C13H19N3S2/c1-2-4-13(5-3-1)8-16-12(17-9-13)15-7-11-6-14-10-18-11/h6,10H,1-5,7-9H2,(H,15,16). The summed E-state index contributed by atoms with van der Waals surface area (Å²) in [5.41, 5.74) is 2.41. The van der Waals surface area contributed by atoms with Crippen LogP contribution in [0.3, 0.4) is 0 Å². The third-order valence-corrected chi connectivity index (χ3v) is 5.97. The molecule has 0 aromatic carbocycles. The minimum absolute atomic E-state index is 0.526. The van der Waals surface area contributed by atoms with Crippen molar-refractivity contribution in [2.24, 2.45) is 10.4 Å². The molecule has 1 aromatic rings. The lowest BCUT2D eigenvalue weighted by atomic mass is 9.75. The number of nitrogens with zero attached hydrogens (tertiary/aromatic N) is 2. The summed E-state index contributed by atoms with van der Waals surface area (Å²) in [6.45, 7) is 1.90. The van der Waals surface area contributed by atoms with Crippen molar-refractivity contribution >= 4 is 28.3 Å². The van der Waals surface area contributed by atoms with E-state index in [0.29, 0.717) is 5.41 Å². The Morgan fingerprint density at radius 3 is 2.83 bits per heavy atom. The molecule has 1 aliphatic heterocycles. The van der Waals surface area contributed by atoms with Crippen molar-refractivity contribution in [3.63, 3.8) is 0 Å². The van der Waals surface area contributed by atoms with Crippen LogP contribution in [-0.4, -0.2) is 22.4 Å². The zero-order valence-electron chi connectivity index (χ0n) is 10.5. The lowest BCUT2D eigenvalue weighted by Gasteiger charge is -2.38. The highest BCUT2D eigenvalue weighted by Crippen LogP contribution is 2.41. The first kappa shape index (κ1) is 12.5. The highest BCUT2D eigenvalue weighted by molar-refractivity contribution is 8.13. The van der Waals surface area contributed by atoms with Gasteiger partial charge in [-0.15, -0.1) is 11.3 Å². The minimum Gasteiger partial charge on any atom is -0.360 e. The predicted molar refractivity (Wildman–Crippen MR) is 79.2 cm³/mol. The van der Waals surface area contributed by atoms with Crippen molar-refractivity contribution in [2.45, 2.75) is 38.6 Å². The molecule has 0 atom stereocenters. The molecule has 1 spiro atoms. The lowest BCUT2D eigenvalue weighted by molar-refractivity contribution is 0.232. The highest BCUT2D eigenvalue weighted by Gasteiger charge is 2.34. The van der Waals surface area contributed by atoms with Crippen molar-refractivity contribution < 1.29 is 0 Å². The van der Waals surface area contributed by atoms with E-state index in [4.69, 9.17) is 4.99 Å². The summed E-state index contributed by atoms with van der Waals surface area (Å²) >= 11 is 3.61. The summed E-state index contributed by atoms with van der Waals surface area (Å²) in [7, 11) is 0. The number of thiazole rings is 1. The maximum absolute atomic E-state index is 4.76. The molecule has 2 heterocycles. The Morgan fingerprint density at radius 1 is 1.28 bits per heavy atom. The molecule has 3 nitrogen and oxygen atoms in total. The van der Waals surface area contributed by atoms with Gasteiger partial charge in [0.1, 0.15) is 0 Å². The highest BCUT2D eigenvalue weighted by atomic mass is 32.2. The van der Waals surface area contributed by atoms with Gasteiger partial charge < -0.3 is 5.32 Å². The largest absolute Gasteiger partial charge is 0.360 e. The average molecular weight is 281 g/mol. The smallest absolute Gasteiger partial charge is 0.156 e. The Morgan fingerprint density at radius 2 is 2.17 bits per heavy atom. The van der Waals surface area contributed by atoms with Gasteiger partial charge in [0.15, 0.2) is 5.17 Å². The summed E-state index contributed by atoms with van der Waals surface area (Å²) in [5.74, 6) is 1.25. The number of aromatic nitrogens is 1. The molecule has 0 radical (unpaired) electrons. The number of hydrogen-bond donors (Lipinski definition) is 1. The molecule has 18 heavy (non-hydrogen) atoms. The molecule has 1 aliphatic carbocycles. The molecule has 0 bridgehead atoms. The second kappa shape index (κ2) is 5.61. The Balaban J connectivity index is 1.53. The van der Waals surface area contributed by atoms with Crippen molar-refractivity contribution in [1.29, 1.82) is 0 Å². The van der Waals surface area contributed by atoms with E-state index in [1.165, 1.54) is 42.7 Å². The van der Waals surface area contributed by atoms with Gasteiger partial charge in [0.25, 0.3) is 0 Å². The molecule has 3 rings (SSSR count). The zero-order valence-corrected chi connectivity index (χ0v) is 12.2. The molecule has 0 amide bonds. The fraction of sp³-hybridized carbons (Fsp3) is 0.692. The molecule has 1 N–H and O–H groups in total. The second-order valence-corrected chi connectivity index (χ2v) is 7.23. The van der Waals surface area contributed by atoms with Gasteiger partial charge in [0.05, 0.1) is 12.1 Å². The Bertz CT molecular complexity index is 408. The molecule has 1 aromatic heterocycles. The number of hydrogen-bond acceptors (Lipinski definition) is 5. The van der Waals surface area contributed by atoms with Crippen LogP contribution in [0, 0.1) is 5.41 Å². The first-order valence-corrected chi connectivity index (χ1v) is 8.51. The molecule has 5 heteroatoms. The first-order valence-electron chi connectivity index (χ1n) is 6.65. The molecular weight excluding hydrogens is 262 g/mol. The first-order chi connectivity index (χ1) is 8.86. The van der Waals surface area contributed by atoms with Crippen molar-refractivity contribution in [1.82, 2.24) is 10.3 Å². The van der Waals surface area contributed by atoms with Crippen LogP contribution in [0.1, 0.15) is 37.0 Å². The Kier molecular flexibility index (Phi) is 3.89. The number of rotatable bonds is 2. The third-order valence-electron chi connectivity index (χ3n) is 3.88. The van der Waals surface area contributed by atoms with E-state index in [1.807, 2.05) is 23.5 Å². The van der Waals surface area contributed by atoms with Crippen LogP contribution in [-0.2, 0) is 6.54 Å². The van der Waals surface area contributed by atoms with Crippen molar-refractivity contribution in [3.8, 4) is 0 Å². The van der Waals surface area contributed by atoms with Gasteiger partial charge in [0.2, 0.25) is 0 Å². The summed E-state index contributed by atoms with van der Waals surface area (Å²) < 4.78 is 0. The summed E-state index contributed by atoms with van der Waals surface area (Å²) in [4.78, 5) is 10.1. The van der Waals surface area contributed by atoms with Crippen molar-refractivity contribution in [2.75, 3.05) is 12.3 Å². The summed E-state index contributed by atoms with van der Waals surface area (Å²) in [5, 5.41) is 4.55. The maximum atomic E-state index is 4.76. The number of thioether (sulfide) groups is 1. The van der Waals surface area contributed by atoms with Gasteiger partial charge in [-0.25, -0.2) is 0 Å². The summed E-state index contributed by atoms with van der Waals surface area (Å²) in [6, 6.07) is 0. The van der Waals surface area contributed by atoms with E-state index in [-0.39, 0.29) is 0 Å². The summed E-state index contributed by atoms with van der Waals surface area (Å²) in [6.07, 6.45) is 8.91. The normalized spacial score (nSPS) is 22.8. The molecule has 98 valence electrons. The van der Waals surface area contributed by atoms with Gasteiger partial charge in [-0.2, -0.15) is 0 Å². The predicted octanol–water partition coefficient (Wildman–Crippen LogP) is 3.29. The fourth-order valence-corrected chi connectivity index (χ4v) is 4.44. The SMILES string of the molecule is c1ncc(CNC2=NCC3(CCCCC3)CS2)s1. The number of amidine groups is 1. The van der Waals surface area contributed by atoms with Gasteiger partial charge in [0, 0.05) is 23.4 Å². The Labute approximate surface area is 116 Å². The lowest BCUT2D eigenvalue weighted by Crippen LogP contribution is -2.36. The molecule has 1 saturated carbocycles. The molecule has 0 saturated heterocycles. The fourth-order valence-electron chi connectivity index (χ4n) is 2.76. The van der Waals surface area contributed by atoms with E-state index in [9.17, 15) is 0 Å². The maximum Gasteiger partial charge on any atom is 0.156 e. The van der Waals surface area contributed by atoms with Crippen LogP contribution >= 0.6 is 23.1 Å². The minimum atomic E-state index is 0.526. The molecule has 1 fully saturated rings. The van der Waals surface area contributed by atoms with E-state index in [0.717, 1.165) is 18.3 Å². The van der Waals surface area contributed by atoms with Gasteiger partial charge in [-0.1, -0.05) is 31.0 Å². The van der Waals surface area contributed by atoms with E-state index in [1.54, 1.807) is 11.3 Å². The van der Waals surface area contributed by atoms with Crippen LogP contribution in [0.5, 0.6) is 0 Å². The monoisotopic (exact) mass is 281 g/mol. The van der Waals surface area contributed by atoms with E-state index in [2.05, 4.69) is 10.3 Å². The quantitative estimate of drug-likeness (QED) is 0.904. The zero-order chi connectivity index (χ0) is 12.3. The third kappa shape index (κ3) is 2.88.